The Kier molecular flexibility index (Phi) is 8.92. The quantitative estimate of drug-likeness (QED) is 0.292. The highest BCUT2D eigenvalue weighted by Gasteiger charge is 2.40. The van der Waals surface area contributed by atoms with Gasteiger partial charge in [0.25, 0.3) is 0 Å². The summed E-state index contributed by atoms with van der Waals surface area (Å²) in [7, 11) is 5.27. The third-order valence-electron chi connectivity index (χ3n) is 8.37. The normalized spacial score (nSPS) is 16.4. The molecule has 2 amide bonds. The van der Waals surface area contributed by atoms with Crippen molar-refractivity contribution in [2.24, 2.45) is 0 Å². The fraction of sp³-hybridized carbons (Fsp3) is 0.438. The molecule has 2 aliphatic heterocycles. The number of alkyl halides is 3. The molecule has 13 heteroatoms. The number of fused-ring (bicyclic) bond motifs is 1. The van der Waals surface area contributed by atoms with Crippen LogP contribution in [0.3, 0.4) is 0 Å². The van der Waals surface area contributed by atoms with Gasteiger partial charge in [-0.15, -0.1) is 0 Å². The standard InChI is InChI=1S/C32H38F3N7O3/c1-31(2)27-21(7-6-8-24(27)38-29(31)44)16-36-28-22(32(33,34)35)17-37-30(40-28)39-23-10-9-20(15-25(23)45-5)19-11-13-42(14-12-19)26(43)18-41(3)4/h6-10,15,17,19H,11-14,16,18H2,1-5H3,(H,38,44)(H2,36,37,39,40). The van der Waals surface area contributed by atoms with Crippen LogP contribution < -0.4 is 20.7 Å². The SMILES string of the molecule is COc1cc(C2CCN(C(=O)CN(C)C)CC2)ccc1Nc1ncc(C(F)(F)F)c(NCc2cccc3c2C(C)(C)C(=O)N3)n1. The number of hydrogen-bond acceptors (Lipinski definition) is 8. The van der Waals surface area contributed by atoms with E-state index in [1.807, 2.05) is 36.0 Å². The Balaban J connectivity index is 1.33. The van der Waals surface area contributed by atoms with Crippen molar-refractivity contribution >= 4 is 35.0 Å². The second-order valence-electron chi connectivity index (χ2n) is 12.2. The van der Waals surface area contributed by atoms with Gasteiger partial charge in [-0.05, 0) is 81.6 Å². The minimum atomic E-state index is -4.69. The maximum absolute atomic E-state index is 14.0. The molecular weight excluding hydrogens is 587 g/mol. The molecule has 45 heavy (non-hydrogen) atoms. The lowest BCUT2D eigenvalue weighted by Crippen LogP contribution is -2.42. The van der Waals surface area contributed by atoms with E-state index in [2.05, 4.69) is 25.9 Å². The number of piperidine rings is 1. The summed E-state index contributed by atoms with van der Waals surface area (Å²) in [5, 5.41) is 8.67. The zero-order valence-corrected chi connectivity index (χ0v) is 26.0. The second kappa shape index (κ2) is 12.5. The number of carbonyl (C=O) groups excluding carboxylic acids is 2. The molecule has 1 aromatic heterocycles. The van der Waals surface area contributed by atoms with Gasteiger partial charge in [0.1, 0.15) is 17.1 Å². The van der Waals surface area contributed by atoms with Crippen molar-refractivity contribution in [2.75, 3.05) is 56.8 Å². The molecule has 0 spiro atoms. The smallest absolute Gasteiger partial charge is 0.421 e. The van der Waals surface area contributed by atoms with E-state index in [1.54, 1.807) is 38.1 Å². The van der Waals surface area contributed by atoms with Crippen LogP contribution in [0.15, 0.2) is 42.6 Å². The number of likely N-dealkylation sites (N-methyl/N-ethyl adjacent to an activating group) is 1. The summed E-state index contributed by atoms with van der Waals surface area (Å²) in [6.07, 6.45) is -2.31. The van der Waals surface area contributed by atoms with Crippen LogP contribution >= 0.6 is 0 Å². The number of rotatable bonds is 9. The fourth-order valence-electron chi connectivity index (χ4n) is 5.96. The van der Waals surface area contributed by atoms with E-state index in [-0.39, 0.29) is 36.0 Å². The number of aromatic nitrogens is 2. The van der Waals surface area contributed by atoms with Crippen LogP contribution in [-0.2, 0) is 27.7 Å². The van der Waals surface area contributed by atoms with Crippen molar-refractivity contribution in [1.29, 1.82) is 0 Å². The van der Waals surface area contributed by atoms with Crippen LogP contribution in [0.25, 0.3) is 0 Å². The number of ether oxygens (including phenoxy) is 1. The Hall–Kier alpha value is -4.39. The van der Waals surface area contributed by atoms with Gasteiger partial charge in [0, 0.05) is 31.5 Å². The molecule has 2 aromatic carbocycles. The first-order chi connectivity index (χ1) is 21.3. The summed E-state index contributed by atoms with van der Waals surface area (Å²) in [4.78, 5) is 36.8. The van der Waals surface area contributed by atoms with Crippen molar-refractivity contribution in [3.8, 4) is 5.75 Å². The fourth-order valence-corrected chi connectivity index (χ4v) is 5.96. The number of halogens is 3. The van der Waals surface area contributed by atoms with E-state index >= 15 is 0 Å². The molecule has 3 heterocycles. The molecule has 2 aliphatic rings. The predicted molar refractivity (Wildman–Crippen MR) is 166 cm³/mol. The first-order valence-corrected chi connectivity index (χ1v) is 14.8. The van der Waals surface area contributed by atoms with E-state index in [9.17, 15) is 22.8 Å². The molecule has 0 radical (unpaired) electrons. The van der Waals surface area contributed by atoms with Gasteiger partial charge in [0.15, 0.2) is 0 Å². The van der Waals surface area contributed by atoms with Crippen LogP contribution in [-0.4, -0.2) is 72.4 Å². The van der Waals surface area contributed by atoms with Crippen molar-refractivity contribution in [3.05, 3.63) is 64.8 Å². The molecule has 0 unspecified atom stereocenters. The molecule has 1 saturated heterocycles. The Labute approximate surface area is 260 Å². The monoisotopic (exact) mass is 625 g/mol. The van der Waals surface area contributed by atoms with Gasteiger partial charge in [0.05, 0.1) is 24.8 Å². The van der Waals surface area contributed by atoms with Gasteiger partial charge in [-0.2, -0.15) is 18.2 Å². The zero-order valence-electron chi connectivity index (χ0n) is 26.0. The van der Waals surface area contributed by atoms with Gasteiger partial charge < -0.3 is 30.5 Å². The Bertz CT molecular complexity index is 1580. The Morgan fingerprint density at radius 3 is 2.58 bits per heavy atom. The summed E-state index contributed by atoms with van der Waals surface area (Å²) in [6.45, 7) is 5.29. The molecule has 10 nitrogen and oxygen atoms in total. The maximum atomic E-state index is 14.0. The predicted octanol–water partition coefficient (Wildman–Crippen LogP) is 5.36. The zero-order chi connectivity index (χ0) is 32.5. The second-order valence-corrected chi connectivity index (χ2v) is 12.2. The highest BCUT2D eigenvalue weighted by Crippen LogP contribution is 2.41. The highest BCUT2D eigenvalue weighted by molar-refractivity contribution is 6.06. The largest absolute Gasteiger partial charge is 0.495 e. The van der Waals surface area contributed by atoms with Crippen molar-refractivity contribution in [1.82, 2.24) is 19.8 Å². The molecule has 0 atom stereocenters. The highest BCUT2D eigenvalue weighted by atomic mass is 19.4. The molecule has 240 valence electrons. The summed E-state index contributed by atoms with van der Waals surface area (Å²) in [5.41, 5.74) is 1.77. The topological polar surface area (TPSA) is 112 Å². The number of hydrogen-bond donors (Lipinski definition) is 3. The van der Waals surface area contributed by atoms with E-state index < -0.39 is 17.2 Å². The number of nitrogens with one attached hydrogen (secondary N) is 3. The lowest BCUT2D eigenvalue weighted by atomic mass is 9.83. The van der Waals surface area contributed by atoms with Crippen LogP contribution in [0.2, 0.25) is 0 Å². The number of methoxy groups -OCH3 is 1. The van der Waals surface area contributed by atoms with Gasteiger partial charge in [-0.3, -0.25) is 9.59 Å². The third-order valence-corrected chi connectivity index (χ3v) is 8.37. The number of nitrogens with zero attached hydrogens (tertiary/aromatic N) is 4. The van der Waals surface area contributed by atoms with Crippen molar-refractivity contribution in [2.45, 2.75) is 50.7 Å². The van der Waals surface area contributed by atoms with Crippen LogP contribution in [0.5, 0.6) is 5.75 Å². The molecule has 0 bridgehead atoms. The third kappa shape index (κ3) is 6.82. The maximum Gasteiger partial charge on any atom is 0.421 e. The summed E-state index contributed by atoms with van der Waals surface area (Å²) < 4.78 is 47.5. The molecule has 5 rings (SSSR count). The average Bonchev–Trinajstić information content (AvgIpc) is 3.23. The summed E-state index contributed by atoms with van der Waals surface area (Å²) >= 11 is 0. The first-order valence-electron chi connectivity index (χ1n) is 14.8. The van der Waals surface area contributed by atoms with Crippen molar-refractivity contribution in [3.63, 3.8) is 0 Å². The van der Waals surface area contributed by atoms with Crippen LogP contribution in [0.1, 0.15) is 54.9 Å². The molecular formula is C32H38F3N7O3. The summed E-state index contributed by atoms with van der Waals surface area (Å²) in [6, 6.07) is 10.9. The average molecular weight is 626 g/mol. The van der Waals surface area contributed by atoms with E-state index in [1.165, 1.54) is 7.11 Å². The lowest BCUT2D eigenvalue weighted by Gasteiger charge is -2.33. The van der Waals surface area contributed by atoms with E-state index in [0.717, 1.165) is 30.2 Å². The first kappa shape index (κ1) is 32.0. The summed E-state index contributed by atoms with van der Waals surface area (Å²) in [5.74, 6) is 0.249. The Morgan fingerprint density at radius 1 is 1.18 bits per heavy atom. The minimum Gasteiger partial charge on any atom is -0.495 e. The van der Waals surface area contributed by atoms with Crippen LogP contribution in [0.4, 0.5) is 36.3 Å². The lowest BCUT2D eigenvalue weighted by molar-refractivity contribution is -0.137. The molecule has 3 N–H and O–H groups in total. The number of benzene rings is 2. The van der Waals surface area contributed by atoms with Crippen LogP contribution in [0, 0.1) is 0 Å². The minimum absolute atomic E-state index is 0.0126. The Morgan fingerprint density at radius 2 is 1.91 bits per heavy atom. The van der Waals surface area contributed by atoms with E-state index in [0.29, 0.717) is 42.3 Å². The van der Waals surface area contributed by atoms with E-state index in [4.69, 9.17) is 4.74 Å². The van der Waals surface area contributed by atoms with Gasteiger partial charge in [-0.25, -0.2) is 4.98 Å². The number of carbonyl (C=O) groups is 2. The van der Waals surface area contributed by atoms with Gasteiger partial charge in [0.2, 0.25) is 17.8 Å². The molecule has 1 fully saturated rings. The molecule has 0 saturated carbocycles. The number of amides is 2. The number of anilines is 4. The van der Waals surface area contributed by atoms with Gasteiger partial charge >= 0.3 is 6.18 Å². The van der Waals surface area contributed by atoms with Gasteiger partial charge in [-0.1, -0.05) is 18.2 Å². The number of likely N-dealkylation sites (tertiary alicyclic amines) is 1. The molecule has 0 aliphatic carbocycles. The van der Waals surface area contributed by atoms with Crippen molar-refractivity contribution < 1.29 is 27.5 Å². The molecule has 3 aromatic rings.